The van der Waals surface area contributed by atoms with Crippen LogP contribution in [0.15, 0.2) is 0 Å². The Kier molecular flexibility index (Phi) is 5.03. The largest absolute Gasteiger partial charge is 0.379 e. The van der Waals surface area contributed by atoms with Crippen LogP contribution in [0.3, 0.4) is 0 Å². The van der Waals surface area contributed by atoms with E-state index in [1.165, 1.54) is 39.1 Å². The van der Waals surface area contributed by atoms with E-state index in [4.69, 9.17) is 4.74 Å². The molecule has 2 heterocycles. The average Bonchev–Trinajstić information content (AvgIpc) is 2.76. The van der Waals surface area contributed by atoms with Gasteiger partial charge in [0.1, 0.15) is 0 Å². The summed E-state index contributed by atoms with van der Waals surface area (Å²) in [6.07, 6.45) is 1.37. The highest BCUT2D eigenvalue weighted by Crippen LogP contribution is 2.14. The van der Waals surface area contributed by atoms with Crippen LogP contribution in [0.2, 0.25) is 0 Å². The second-order valence-electron chi connectivity index (χ2n) is 4.97. The van der Waals surface area contributed by atoms with Crippen molar-refractivity contribution in [1.82, 2.24) is 15.1 Å². The van der Waals surface area contributed by atoms with Crippen LogP contribution in [-0.4, -0.2) is 75.9 Å². The molecule has 2 fully saturated rings. The zero-order chi connectivity index (χ0) is 11.2. The summed E-state index contributed by atoms with van der Waals surface area (Å²) in [6.45, 7) is 10.3. The highest BCUT2D eigenvalue weighted by molar-refractivity contribution is 4.77. The maximum absolute atomic E-state index is 5.36. The summed E-state index contributed by atoms with van der Waals surface area (Å²) < 4.78 is 5.36. The van der Waals surface area contributed by atoms with Crippen LogP contribution >= 0.6 is 0 Å². The van der Waals surface area contributed by atoms with Gasteiger partial charge in [0, 0.05) is 32.7 Å². The lowest BCUT2D eigenvalue weighted by atomic mass is 10.1. The predicted molar refractivity (Wildman–Crippen MR) is 65.7 cm³/mol. The summed E-state index contributed by atoms with van der Waals surface area (Å²) in [5, 5.41) is 3.28. The third-order valence-corrected chi connectivity index (χ3v) is 3.70. The van der Waals surface area contributed by atoms with E-state index >= 15 is 0 Å². The zero-order valence-electron chi connectivity index (χ0n) is 10.5. The first-order chi connectivity index (χ1) is 7.88. The first-order valence-electron chi connectivity index (χ1n) is 6.55. The molecule has 2 aliphatic rings. The molecular weight excluding hydrogens is 202 g/mol. The summed E-state index contributed by atoms with van der Waals surface area (Å²) in [5.41, 5.74) is 0. The summed E-state index contributed by atoms with van der Waals surface area (Å²) >= 11 is 0. The second kappa shape index (κ2) is 6.55. The van der Waals surface area contributed by atoms with Gasteiger partial charge in [-0.15, -0.1) is 0 Å². The lowest BCUT2D eigenvalue weighted by Crippen LogP contribution is -2.41. The highest BCUT2D eigenvalue weighted by Gasteiger charge is 2.22. The number of likely N-dealkylation sites (tertiary alicyclic amines) is 1. The maximum Gasteiger partial charge on any atom is 0.0594 e. The number of hydrogen-bond donors (Lipinski definition) is 1. The molecule has 94 valence electrons. The first-order valence-corrected chi connectivity index (χ1v) is 6.55. The Morgan fingerprint density at radius 1 is 1.12 bits per heavy atom. The van der Waals surface area contributed by atoms with Crippen LogP contribution < -0.4 is 5.32 Å². The summed E-state index contributed by atoms with van der Waals surface area (Å²) in [6, 6.07) is 0. The normalized spacial score (nSPS) is 28.7. The van der Waals surface area contributed by atoms with Crippen LogP contribution in [0.5, 0.6) is 0 Å². The van der Waals surface area contributed by atoms with Gasteiger partial charge in [0.25, 0.3) is 0 Å². The van der Waals surface area contributed by atoms with Gasteiger partial charge in [-0.2, -0.15) is 0 Å². The van der Waals surface area contributed by atoms with Crippen LogP contribution in [-0.2, 0) is 4.74 Å². The van der Waals surface area contributed by atoms with Crippen LogP contribution in [0.1, 0.15) is 6.42 Å². The molecule has 1 atom stereocenters. The monoisotopic (exact) mass is 227 g/mol. The molecule has 0 bridgehead atoms. The van der Waals surface area contributed by atoms with Crippen molar-refractivity contribution in [3.8, 4) is 0 Å². The Balaban J connectivity index is 1.59. The standard InChI is InChI=1S/C12H25N3O/c1-13-10-12-2-3-15(11-12)5-4-14-6-8-16-9-7-14/h12-13H,2-11H2,1H3. The van der Waals surface area contributed by atoms with Crippen molar-refractivity contribution < 1.29 is 4.74 Å². The molecule has 1 N–H and O–H groups in total. The minimum Gasteiger partial charge on any atom is -0.379 e. The Bertz CT molecular complexity index is 195. The fourth-order valence-electron chi connectivity index (χ4n) is 2.68. The van der Waals surface area contributed by atoms with Crippen molar-refractivity contribution in [1.29, 1.82) is 0 Å². The average molecular weight is 227 g/mol. The van der Waals surface area contributed by atoms with Crippen LogP contribution in [0.25, 0.3) is 0 Å². The van der Waals surface area contributed by atoms with E-state index in [-0.39, 0.29) is 0 Å². The number of rotatable bonds is 5. The number of nitrogens with one attached hydrogen (secondary N) is 1. The Morgan fingerprint density at radius 2 is 1.88 bits per heavy atom. The van der Waals surface area contributed by atoms with E-state index in [2.05, 4.69) is 22.2 Å². The molecule has 0 spiro atoms. The summed E-state index contributed by atoms with van der Waals surface area (Å²) in [5.74, 6) is 0.870. The third-order valence-electron chi connectivity index (χ3n) is 3.70. The SMILES string of the molecule is CNCC1CCN(CCN2CCOCC2)C1. The van der Waals surface area contributed by atoms with Gasteiger partial charge < -0.3 is 15.0 Å². The van der Waals surface area contributed by atoms with Gasteiger partial charge in [0.15, 0.2) is 0 Å². The molecule has 0 aromatic heterocycles. The minimum atomic E-state index is 0.870. The first kappa shape index (κ1) is 12.3. The number of morpholine rings is 1. The van der Waals surface area contributed by atoms with E-state index in [9.17, 15) is 0 Å². The maximum atomic E-state index is 5.36. The molecule has 0 saturated carbocycles. The summed E-state index contributed by atoms with van der Waals surface area (Å²) in [7, 11) is 2.05. The second-order valence-corrected chi connectivity index (χ2v) is 4.97. The van der Waals surface area contributed by atoms with E-state index in [0.717, 1.165) is 32.2 Å². The lowest BCUT2D eigenvalue weighted by Gasteiger charge is -2.28. The third kappa shape index (κ3) is 3.70. The van der Waals surface area contributed by atoms with Crippen molar-refractivity contribution in [2.45, 2.75) is 6.42 Å². The molecule has 2 aliphatic heterocycles. The van der Waals surface area contributed by atoms with Gasteiger partial charge >= 0.3 is 0 Å². The van der Waals surface area contributed by atoms with Gasteiger partial charge in [-0.1, -0.05) is 0 Å². The molecule has 0 aliphatic carbocycles. The fourth-order valence-corrected chi connectivity index (χ4v) is 2.68. The number of ether oxygens (including phenoxy) is 1. The molecule has 0 amide bonds. The number of nitrogens with zero attached hydrogens (tertiary/aromatic N) is 2. The van der Waals surface area contributed by atoms with Crippen molar-refractivity contribution in [2.24, 2.45) is 5.92 Å². The summed E-state index contributed by atoms with van der Waals surface area (Å²) in [4.78, 5) is 5.13. The van der Waals surface area contributed by atoms with Gasteiger partial charge in [-0.3, -0.25) is 4.90 Å². The molecule has 0 radical (unpaired) electrons. The van der Waals surface area contributed by atoms with Crippen LogP contribution in [0, 0.1) is 5.92 Å². The molecule has 4 heteroatoms. The van der Waals surface area contributed by atoms with Crippen molar-refractivity contribution in [3.63, 3.8) is 0 Å². The zero-order valence-corrected chi connectivity index (χ0v) is 10.5. The van der Waals surface area contributed by atoms with E-state index in [1.54, 1.807) is 0 Å². The van der Waals surface area contributed by atoms with Gasteiger partial charge in [0.2, 0.25) is 0 Å². The molecule has 16 heavy (non-hydrogen) atoms. The Morgan fingerprint density at radius 3 is 2.62 bits per heavy atom. The van der Waals surface area contributed by atoms with E-state index < -0.39 is 0 Å². The van der Waals surface area contributed by atoms with Crippen molar-refractivity contribution >= 4 is 0 Å². The quantitative estimate of drug-likeness (QED) is 0.707. The fraction of sp³-hybridized carbons (Fsp3) is 1.00. The Labute approximate surface area is 98.9 Å². The predicted octanol–water partition coefficient (Wildman–Crippen LogP) is -0.140. The highest BCUT2D eigenvalue weighted by atomic mass is 16.5. The Hall–Kier alpha value is -0.160. The molecular formula is C12H25N3O. The molecule has 2 saturated heterocycles. The van der Waals surface area contributed by atoms with E-state index in [0.29, 0.717) is 0 Å². The van der Waals surface area contributed by atoms with E-state index in [1.807, 2.05) is 0 Å². The van der Waals surface area contributed by atoms with Crippen molar-refractivity contribution in [2.75, 3.05) is 66.1 Å². The molecule has 1 unspecified atom stereocenters. The number of hydrogen-bond acceptors (Lipinski definition) is 4. The van der Waals surface area contributed by atoms with Gasteiger partial charge in [-0.05, 0) is 32.5 Å². The topological polar surface area (TPSA) is 27.7 Å². The minimum absolute atomic E-state index is 0.870. The van der Waals surface area contributed by atoms with Gasteiger partial charge in [-0.25, -0.2) is 0 Å². The lowest BCUT2D eigenvalue weighted by molar-refractivity contribution is 0.0342. The molecule has 4 nitrogen and oxygen atoms in total. The molecule has 0 aromatic carbocycles. The van der Waals surface area contributed by atoms with Crippen LogP contribution in [0.4, 0.5) is 0 Å². The van der Waals surface area contributed by atoms with Gasteiger partial charge in [0.05, 0.1) is 13.2 Å². The molecule has 2 rings (SSSR count). The smallest absolute Gasteiger partial charge is 0.0594 e. The molecule has 0 aromatic rings. The van der Waals surface area contributed by atoms with Crippen molar-refractivity contribution in [3.05, 3.63) is 0 Å².